The molecule has 26 heavy (non-hydrogen) atoms. The molecular weight excluding hydrogens is 328 g/mol. The standard InChI is InChI=1S/C21H24N2O3/c1-3-12-26-18-10-7-16(8-11-18)20(24)22-17-9-4-14(2)19(13-17)23-21(25)15-5-6-15/h4,7-11,13,15H,3,5-6,12H2,1-2H3,(H,22,24)(H,23,25). The normalized spacial score (nSPS) is 13.2. The summed E-state index contributed by atoms with van der Waals surface area (Å²) in [5.74, 6) is 0.750. The van der Waals surface area contributed by atoms with Gasteiger partial charge in [0.25, 0.3) is 5.91 Å². The molecule has 136 valence electrons. The summed E-state index contributed by atoms with van der Waals surface area (Å²) in [5, 5.41) is 5.82. The van der Waals surface area contributed by atoms with Gasteiger partial charge in [0.05, 0.1) is 6.61 Å². The highest BCUT2D eigenvalue weighted by atomic mass is 16.5. The van der Waals surface area contributed by atoms with Gasteiger partial charge in [-0.1, -0.05) is 13.0 Å². The van der Waals surface area contributed by atoms with E-state index in [2.05, 4.69) is 10.6 Å². The second-order valence-electron chi connectivity index (χ2n) is 6.62. The topological polar surface area (TPSA) is 67.4 Å². The van der Waals surface area contributed by atoms with Gasteiger partial charge in [0.1, 0.15) is 5.75 Å². The molecule has 0 saturated heterocycles. The quantitative estimate of drug-likeness (QED) is 0.777. The third-order valence-electron chi connectivity index (χ3n) is 4.29. The van der Waals surface area contributed by atoms with Gasteiger partial charge in [0.2, 0.25) is 5.91 Å². The van der Waals surface area contributed by atoms with Gasteiger partial charge >= 0.3 is 0 Å². The van der Waals surface area contributed by atoms with Crippen LogP contribution in [0.1, 0.15) is 42.1 Å². The molecule has 0 radical (unpaired) electrons. The molecule has 0 aromatic heterocycles. The number of carbonyl (C=O) groups is 2. The lowest BCUT2D eigenvalue weighted by Crippen LogP contribution is -2.15. The Hall–Kier alpha value is -2.82. The lowest BCUT2D eigenvalue weighted by Gasteiger charge is -2.12. The largest absolute Gasteiger partial charge is 0.494 e. The maximum atomic E-state index is 12.4. The van der Waals surface area contributed by atoms with Crippen molar-refractivity contribution in [3.8, 4) is 5.75 Å². The fourth-order valence-electron chi connectivity index (χ4n) is 2.54. The van der Waals surface area contributed by atoms with Crippen molar-refractivity contribution in [2.24, 2.45) is 5.92 Å². The van der Waals surface area contributed by atoms with Gasteiger partial charge in [-0.15, -0.1) is 0 Å². The average Bonchev–Trinajstić information content (AvgIpc) is 3.48. The molecule has 3 rings (SSSR count). The van der Waals surface area contributed by atoms with Crippen molar-refractivity contribution in [2.75, 3.05) is 17.2 Å². The van der Waals surface area contributed by atoms with Crippen LogP contribution in [0.2, 0.25) is 0 Å². The van der Waals surface area contributed by atoms with E-state index >= 15 is 0 Å². The summed E-state index contributed by atoms with van der Waals surface area (Å²) in [5.41, 5.74) is 2.91. The van der Waals surface area contributed by atoms with Gasteiger partial charge in [0, 0.05) is 22.9 Å². The first-order valence-electron chi connectivity index (χ1n) is 9.02. The summed E-state index contributed by atoms with van der Waals surface area (Å²) in [6.45, 7) is 4.64. The fourth-order valence-corrected chi connectivity index (χ4v) is 2.54. The van der Waals surface area contributed by atoms with Crippen molar-refractivity contribution in [3.05, 3.63) is 53.6 Å². The van der Waals surface area contributed by atoms with E-state index in [0.29, 0.717) is 17.9 Å². The molecule has 5 nitrogen and oxygen atoms in total. The molecule has 0 spiro atoms. The molecule has 0 bridgehead atoms. The predicted octanol–water partition coefficient (Wildman–Crippen LogP) is 4.38. The Morgan fingerprint density at radius 2 is 1.81 bits per heavy atom. The number of rotatable bonds is 7. The average molecular weight is 352 g/mol. The van der Waals surface area contributed by atoms with Crippen LogP contribution in [0, 0.1) is 12.8 Å². The molecule has 1 fully saturated rings. The first-order chi connectivity index (χ1) is 12.6. The second-order valence-corrected chi connectivity index (χ2v) is 6.62. The number of hydrogen-bond donors (Lipinski definition) is 2. The zero-order valence-electron chi connectivity index (χ0n) is 15.2. The van der Waals surface area contributed by atoms with Crippen molar-refractivity contribution in [2.45, 2.75) is 33.1 Å². The van der Waals surface area contributed by atoms with Crippen LogP contribution in [0.15, 0.2) is 42.5 Å². The van der Waals surface area contributed by atoms with E-state index < -0.39 is 0 Å². The van der Waals surface area contributed by atoms with Crippen molar-refractivity contribution < 1.29 is 14.3 Å². The van der Waals surface area contributed by atoms with Gasteiger partial charge in [-0.2, -0.15) is 0 Å². The molecule has 2 aromatic rings. The predicted molar refractivity (Wildman–Crippen MR) is 103 cm³/mol. The lowest BCUT2D eigenvalue weighted by molar-refractivity contribution is -0.117. The Morgan fingerprint density at radius 1 is 1.08 bits per heavy atom. The molecule has 1 aliphatic carbocycles. The molecule has 1 saturated carbocycles. The number of ether oxygens (including phenoxy) is 1. The number of aryl methyl sites for hydroxylation is 1. The second kappa shape index (κ2) is 8.04. The fraction of sp³-hybridized carbons (Fsp3) is 0.333. The van der Waals surface area contributed by atoms with Crippen LogP contribution >= 0.6 is 0 Å². The third-order valence-corrected chi connectivity index (χ3v) is 4.29. The minimum atomic E-state index is -0.199. The Labute approximate surface area is 153 Å². The van der Waals surface area contributed by atoms with Crippen LogP contribution in [0.4, 0.5) is 11.4 Å². The number of amides is 2. The van der Waals surface area contributed by atoms with E-state index in [4.69, 9.17) is 4.74 Å². The van der Waals surface area contributed by atoms with Crippen LogP contribution in [-0.4, -0.2) is 18.4 Å². The van der Waals surface area contributed by atoms with Crippen LogP contribution in [0.5, 0.6) is 5.75 Å². The van der Waals surface area contributed by atoms with Crippen molar-refractivity contribution in [1.82, 2.24) is 0 Å². The van der Waals surface area contributed by atoms with Crippen LogP contribution in [-0.2, 0) is 4.79 Å². The molecule has 2 aromatic carbocycles. The zero-order chi connectivity index (χ0) is 18.5. The highest BCUT2D eigenvalue weighted by molar-refractivity contribution is 6.05. The molecule has 2 N–H and O–H groups in total. The number of hydrogen-bond acceptors (Lipinski definition) is 3. The lowest BCUT2D eigenvalue weighted by atomic mass is 10.1. The molecule has 1 aliphatic rings. The summed E-state index contributed by atoms with van der Waals surface area (Å²) in [6, 6.07) is 12.6. The van der Waals surface area contributed by atoms with E-state index in [1.807, 2.05) is 26.0 Å². The molecule has 2 amide bonds. The smallest absolute Gasteiger partial charge is 0.255 e. The van der Waals surface area contributed by atoms with Crippen LogP contribution < -0.4 is 15.4 Å². The van der Waals surface area contributed by atoms with Gasteiger partial charge in [-0.3, -0.25) is 9.59 Å². The zero-order valence-corrected chi connectivity index (χ0v) is 15.2. The summed E-state index contributed by atoms with van der Waals surface area (Å²) < 4.78 is 5.53. The monoisotopic (exact) mass is 352 g/mol. The summed E-state index contributed by atoms with van der Waals surface area (Å²) in [7, 11) is 0. The number of anilines is 2. The van der Waals surface area contributed by atoms with Crippen molar-refractivity contribution in [3.63, 3.8) is 0 Å². The summed E-state index contributed by atoms with van der Waals surface area (Å²) in [4.78, 5) is 24.4. The molecule has 0 unspecified atom stereocenters. The number of nitrogens with one attached hydrogen (secondary N) is 2. The summed E-state index contributed by atoms with van der Waals surface area (Å²) >= 11 is 0. The van der Waals surface area contributed by atoms with E-state index in [0.717, 1.165) is 36.3 Å². The van der Waals surface area contributed by atoms with E-state index in [9.17, 15) is 9.59 Å². The molecule has 5 heteroatoms. The molecule has 0 heterocycles. The van der Waals surface area contributed by atoms with Crippen molar-refractivity contribution >= 4 is 23.2 Å². The highest BCUT2D eigenvalue weighted by Gasteiger charge is 2.29. The Balaban J connectivity index is 1.65. The Kier molecular flexibility index (Phi) is 5.56. The Bertz CT molecular complexity index is 795. The van der Waals surface area contributed by atoms with E-state index in [-0.39, 0.29) is 17.7 Å². The molecule has 0 aliphatic heterocycles. The number of carbonyl (C=O) groups excluding carboxylic acids is 2. The first-order valence-corrected chi connectivity index (χ1v) is 9.02. The van der Waals surface area contributed by atoms with Crippen LogP contribution in [0.3, 0.4) is 0 Å². The van der Waals surface area contributed by atoms with E-state index in [1.165, 1.54) is 0 Å². The maximum absolute atomic E-state index is 12.4. The van der Waals surface area contributed by atoms with Crippen LogP contribution in [0.25, 0.3) is 0 Å². The molecular formula is C21H24N2O3. The Morgan fingerprint density at radius 3 is 2.46 bits per heavy atom. The van der Waals surface area contributed by atoms with Gasteiger partial charge in [0.15, 0.2) is 0 Å². The minimum absolute atomic E-state index is 0.0549. The number of benzene rings is 2. The van der Waals surface area contributed by atoms with Gasteiger partial charge < -0.3 is 15.4 Å². The first kappa shape index (κ1) is 18.0. The minimum Gasteiger partial charge on any atom is -0.494 e. The van der Waals surface area contributed by atoms with Gasteiger partial charge in [-0.25, -0.2) is 0 Å². The van der Waals surface area contributed by atoms with Gasteiger partial charge in [-0.05, 0) is 68.1 Å². The van der Waals surface area contributed by atoms with E-state index in [1.54, 1.807) is 30.3 Å². The SMILES string of the molecule is CCCOc1ccc(C(=O)Nc2ccc(C)c(NC(=O)C3CC3)c2)cc1. The molecule has 0 atom stereocenters. The third kappa shape index (κ3) is 4.63. The summed E-state index contributed by atoms with van der Waals surface area (Å²) in [6.07, 6.45) is 2.85. The highest BCUT2D eigenvalue weighted by Crippen LogP contribution is 2.31. The maximum Gasteiger partial charge on any atom is 0.255 e. The van der Waals surface area contributed by atoms with Crippen molar-refractivity contribution in [1.29, 1.82) is 0 Å².